The first-order valence-corrected chi connectivity index (χ1v) is 7.18. The maximum Gasteiger partial charge on any atom is 0.315 e. The maximum absolute atomic E-state index is 11.8. The lowest BCUT2D eigenvalue weighted by Gasteiger charge is -2.30. The molecule has 1 saturated carbocycles. The Bertz CT molecular complexity index is 318. The van der Waals surface area contributed by atoms with Crippen LogP contribution in [0.4, 0.5) is 4.79 Å². The molecule has 1 rings (SSSR count). The van der Waals surface area contributed by atoms with Crippen LogP contribution in [-0.4, -0.2) is 24.1 Å². The zero-order chi connectivity index (χ0) is 14.4. The van der Waals surface area contributed by atoms with Crippen LogP contribution in [0.5, 0.6) is 0 Å². The van der Waals surface area contributed by atoms with Gasteiger partial charge in [0.15, 0.2) is 0 Å². The first-order chi connectivity index (χ1) is 8.90. The highest BCUT2D eigenvalue weighted by Gasteiger charge is 2.24. The number of carboxylic acids is 1. The number of hydrogen-bond acceptors (Lipinski definition) is 3. The van der Waals surface area contributed by atoms with Crippen LogP contribution in [0.1, 0.15) is 52.9 Å². The second kappa shape index (κ2) is 7.36. The Morgan fingerprint density at radius 3 is 2.42 bits per heavy atom. The van der Waals surface area contributed by atoms with Gasteiger partial charge in [0.2, 0.25) is 0 Å². The minimum Gasteiger partial charge on any atom is -0.548 e. The van der Waals surface area contributed by atoms with Gasteiger partial charge in [0.25, 0.3) is 0 Å². The third kappa shape index (κ3) is 5.49. The number of amides is 2. The van der Waals surface area contributed by atoms with Crippen molar-refractivity contribution in [3.05, 3.63) is 0 Å². The molecule has 5 heteroatoms. The van der Waals surface area contributed by atoms with Crippen LogP contribution in [-0.2, 0) is 4.79 Å². The normalized spacial score (nSPS) is 24.8. The summed E-state index contributed by atoms with van der Waals surface area (Å²) in [5.41, 5.74) is 0. The standard InChI is InChI=1S/C14H26N2O3/c1-9(2)8-12(13(17)18)16-14(19)15-11-7-5-4-6-10(11)3/h9-12H,4-8H2,1-3H3,(H,17,18)(H2,15,16,19)/p-1/t10-,11-,12-/m0/s1. The van der Waals surface area contributed by atoms with Crippen molar-refractivity contribution in [1.29, 1.82) is 0 Å². The van der Waals surface area contributed by atoms with Crippen LogP contribution in [0.15, 0.2) is 0 Å². The van der Waals surface area contributed by atoms with Crippen LogP contribution >= 0.6 is 0 Å². The van der Waals surface area contributed by atoms with Gasteiger partial charge in [-0.3, -0.25) is 0 Å². The van der Waals surface area contributed by atoms with Gasteiger partial charge in [0.05, 0.1) is 12.0 Å². The van der Waals surface area contributed by atoms with Gasteiger partial charge in [0, 0.05) is 6.04 Å². The highest BCUT2D eigenvalue weighted by Crippen LogP contribution is 2.23. The van der Waals surface area contributed by atoms with Crippen molar-refractivity contribution < 1.29 is 14.7 Å². The summed E-state index contributed by atoms with van der Waals surface area (Å²) in [5, 5.41) is 16.4. The molecule has 0 unspecified atom stereocenters. The first kappa shape index (κ1) is 15.8. The summed E-state index contributed by atoms with van der Waals surface area (Å²) >= 11 is 0. The van der Waals surface area contributed by atoms with Crippen LogP contribution in [0.3, 0.4) is 0 Å². The Labute approximate surface area is 115 Å². The van der Waals surface area contributed by atoms with Gasteiger partial charge >= 0.3 is 6.03 Å². The highest BCUT2D eigenvalue weighted by atomic mass is 16.4. The smallest absolute Gasteiger partial charge is 0.315 e. The maximum atomic E-state index is 11.8. The topological polar surface area (TPSA) is 81.3 Å². The van der Waals surface area contributed by atoms with Gasteiger partial charge in [-0.2, -0.15) is 0 Å². The van der Waals surface area contributed by atoms with E-state index >= 15 is 0 Å². The molecule has 2 N–H and O–H groups in total. The molecule has 5 nitrogen and oxygen atoms in total. The van der Waals surface area contributed by atoms with Crippen molar-refractivity contribution >= 4 is 12.0 Å². The quantitative estimate of drug-likeness (QED) is 0.782. The molecule has 2 amide bonds. The number of carbonyl (C=O) groups is 2. The zero-order valence-corrected chi connectivity index (χ0v) is 12.1. The van der Waals surface area contributed by atoms with Crippen LogP contribution in [0, 0.1) is 11.8 Å². The average molecular weight is 269 g/mol. The SMILES string of the molecule is CC(C)C[C@H](NC(=O)N[C@H]1CCCC[C@@H]1C)C(=O)[O-]. The van der Waals surface area contributed by atoms with Gasteiger partial charge in [-0.05, 0) is 31.1 Å². The minimum atomic E-state index is -1.22. The molecule has 1 aliphatic carbocycles. The van der Waals surface area contributed by atoms with Gasteiger partial charge in [-0.15, -0.1) is 0 Å². The minimum absolute atomic E-state index is 0.148. The fourth-order valence-electron chi connectivity index (χ4n) is 2.58. The lowest BCUT2D eigenvalue weighted by molar-refractivity contribution is -0.308. The van der Waals surface area contributed by atoms with Crippen molar-refractivity contribution in [3.8, 4) is 0 Å². The van der Waals surface area contributed by atoms with E-state index in [1.54, 1.807) is 0 Å². The van der Waals surface area contributed by atoms with Gasteiger partial charge < -0.3 is 20.5 Å². The van der Waals surface area contributed by atoms with E-state index in [1.165, 1.54) is 6.42 Å². The Hall–Kier alpha value is -1.26. The summed E-state index contributed by atoms with van der Waals surface area (Å²) in [7, 11) is 0. The van der Waals surface area contributed by atoms with E-state index in [4.69, 9.17) is 0 Å². The fourth-order valence-corrected chi connectivity index (χ4v) is 2.58. The number of carboxylic acid groups (broad SMARTS) is 1. The molecule has 0 bridgehead atoms. The number of rotatable bonds is 5. The molecule has 0 radical (unpaired) electrons. The molecular formula is C14H25N2O3-. The van der Waals surface area contributed by atoms with Crippen molar-refractivity contribution in [1.82, 2.24) is 10.6 Å². The number of nitrogens with one attached hydrogen (secondary N) is 2. The second-order valence-electron chi connectivity index (χ2n) is 5.99. The van der Waals surface area contributed by atoms with E-state index in [1.807, 2.05) is 13.8 Å². The Kier molecular flexibility index (Phi) is 6.12. The van der Waals surface area contributed by atoms with E-state index in [0.717, 1.165) is 19.3 Å². The molecule has 0 aromatic carbocycles. The predicted octanol–water partition coefficient (Wildman–Crippen LogP) is 1.03. The Balaban J connectivity index is 2.45. The van der Waals surface area contributed by atoms with E-state index in [9.17, 15) is 14.7 Å². The summed E-state index contributed by atoms with van der Waals surface area (Å²) in [6, 6.07) is -1.16. The largest absolute Gasteiger partial charge is 0.548 e. The zero-order valence-electron chi connectivity index (χ0n) is 12.1. The number of aliphatic carboxylic acids is 1. The van der Waals surface area contributed by atoms with E-state index in [-0.39, 0.29) is 12.0 Å². The van der Waals surface area contributed by atoms with Crippen LogP contribution < -0.4 is 15.7 Å². The van der Waals surface area contributed by atoms with Gasteiger partial charge in [0.1, 0.15) is 0 Å². The van der Waals surface area contributed by atoms with E-state index in [2.05, 4.69) is 17.6 Å². The lowest BCUT2D eigenvalue weighted by atomic mass is 9.86. The third-order valence-corrected chi connectivity index (χ3v) is 3.72. The second-order valence-corrected chi connectivity index (χ2v) is 5.99. The first-order valence-electron chi connectivity index (χ1n) is 7.18. The number of carbonyl (C=O) groups excluding carboxylic acids is 2. The number of hydrogen-bond donors (Lipinski definition) is 2. The third-order valence-electron chi connectivity index (χ3n) is 3.72. The Morgan fingerprint density at radius 2 is 1.89 bits per heavy atom. The van der Waals surface area contributed by atoms with Crippen LogP contribution in [0.2, 0.25) is 0 Å². The summed E-state index contributed by atoms with van der Waals surface area (Å²) < 4.78 is 0. The Morgan fingerprint density at radius 1 is 1.26 bits per heavy atom. The molecule has 0 aliphatic heterocycles. The summed E-state index contributed by atoms with van der Waals surface area (Å²) in [6.07, 6.45) is 4.78. The van der Waals surface area contributed by atoms with Crippen molar-refractivity contribution in [3.63, 3.8) is 0 Å². The molecule has 0 aromatic heterocycles. The summed E-state index contributed by atoms with van der Waals surface area (Å²) in [5.74, 6) is -0.580. The van der Waals surface area contributed by atoms with Crippen molar-refractivity contribution in [2.75, 3.05) is 0 Å². The summed E-state index contributed by atoms with van der Waals surface area (Å²) in [4.78, 5) is 22.8. The molecule has 0 saturated heterocycles. The van der Waals surface area contributed by atoms with Gasteiger partial charge in [-0.25, -0.2) is 4.79 Å². The molecular weight excluding hydrogens is 244 g/mol. The average Bonchev–Trinajstić information content (AvgIpc) is 2.30. The van der Waals surface area contributed by atoms with Crippen molar-refractivity contribution in [2.45, 2.75) is 65.0 Å². The molecule has 110 valence electrons. The molecule has 0 spiro atoms. The molecule has 3 atom stereocenters. The van der Waals surface area contributed by atoms with Crippen LogP contribution in [0.25, 0.3) is 0 Å². The molecule has 1 aliphatic rings. The van der Waals surface area contributed by atoms with E-state index < -0.39 is 18.0 Å². The fraction of sp³-hybridized carbons (Fsp3) is 0.857. The number of urea groups is 1. The molecule has 1 fully saturated rings. The molecule has 0 aromatic rings. The van der Waals surface area contributed by atoms with Gasteiger partial charge in [-0.1, -0.05) is 33.6 Å². The lowest BCUT2D eigenvalue weighted by Crippen LogP contribution is -2.54. The summed E-state index contributed by atoms with van der Waals surface area (Å²) in [6.45, 7) is 5.95. The van der Waals surface area contributed by atoms with E-state index in [0.29, 0.717) is 12.3 Å². The molecule has 0 heterocycles. The highest BCUT2D eigenvalue weighted by molar-refractivity contribution is 5.81. The molecule has 19 heavy (non-hydrogen) atoms. The predicted molar refractivity (Wildman–Crippen MR) is 71.3 cm³/mol. The van der Waals surface area contributed by atoms with Crippen molar-refractivity contribution in [2.24, 2.45) is 11.8 Å². The monoisotopic (exact) mass is 269 g/mol.